The Morgan fingerprint density at radius 3 is 2.26 bits per heavy atom. The number of phenols is 1. The molecule has 0 unspecified atom stereocenters. The maximum absolute atomic E-state index is 13.2. The normalized spacial score (nSPS) is 10.5. The van der Waals surface area contributed by atoms with Crippen molar-refractivity contribution in [2.45, 2.75) is 6.54 Å². The Balaban J connectivity index is 2.21. The van der Waals surface area contributed by atoms with Gasteiger partial charge in [0, 0.05) is 19.3 Å². The highest BCUT2D eigenvalue weighted by molar-refractivity contribution is 5.46. The third-order valence-corrected chi connectivity index (χ3v) is 2.75. The highest BCUT2D eigenvalue weighted by Gasteiger charge is 2.11. The lowest BCUT2D eigenvalue weighted by atomic mass is 10.1. The molecule has 100 valence electrons. The molecule has 0 spiro atoms. The van der Waals surface area contributed by atoms with Gasteiger partial charge in [0.1, 0.15) is 5.82 Å². The highest BCUT2D eigenvalue weighted by Crippen LogP contribution is 2.23. The standard InChI is InChI=1S/C14H12F3NO/c1-18(11-4-2-3-10(15)7-11)8-9-5-12(16)14(19)13(17)6-9/h2-7,19H,8H2,1H3. The zero-order chi connectivity index (χ0) is 14.0. The zero-order valence-corrected chi connectivity index (χ0v) is 10.2. The fraction of sp³-hybridized carbons (Fsp3) is 0.143. The molecule has 0 bridgehead atoms. The van der Waals surface area contributed by atoms with Crippen LogP contribution in [-0.2, 0) is 6.54 Å². The Bertz CT molecular complexity index is 578. The summed E-state index contributed by atoms with van der Waals surface area (Å²) < 4.78 is 39.4. The van der Waals surface area contributed by atoms with E-state index >= 15 is 0 Å². The van der Waals surface area contributed by atoms with E-state index in [0.29, 0.717) is 11.3 Å². The van der Waals surface area contributed by atoms with Crippen LogP contribution in [0, 0.1) is 17.5 Å². The molecule has 0 saturated carbocycles. The molecule has 2 aromatic rings. The van der Waals surface area contributed by atoms with Gasteiger partial charge in [-0.2, -0.15) is 0 Å². The lowest BCUT2D eigenvalue weighted by molar-refractivity contribution is 0.395. The van der Waals surface area contributed by atoms with Crippen LogP contribution in [0.1, 0.15) is 5.56 Å². The molecule has 0 atom stereocenters. The molecule has 0 aromatic heterocycles. The first kappa shape index (κ1) is 13.3. The van der Waals surface area contributed by atoms with E-state index in [1.807, 2.05) is 0 Å². The second kappa shape index (κ2) is 5.22. The van der Waals surface area contributed by atoms with Gasteiger partial charge >= 0.3 is 0 Å². The van der Waals surface area contributed by atoms with E-state index < -0.39 is 17.4 Å². The van der Waals surface area contributed by atoms with Crippen LogP contribution in [0.15, 0.2) is 36.4 Å². The molecule has 0 fully saturated rings. The number of anilines is 1. The number of hydrogen-bond acceptors (Lipinski definition) is 2. The van der Waals surface area contributed by atoms with E-state index in [9.17, 15) is 13.2 Å². The minimum atomic E-state index is -1.01. The molecule has 0 saturated heterocycles. The SMILES string of the molecule is CN(Cc1cc(F)c(O)c(F)c1)c1cccc(F)c1. The van der Waals surface area contributed by atoms with Gasteiger partial charge in [-0.1, -0.05) is 6.07 Å². The van der Waals surface area contributed by atoms with Crippen molar-refractivity contribution in [2.24, 2.45) is 0 Å². The highest BCUT2D eigenvalue weighted by atomic mass is 19.1. The van der Waals surface area contributed by atoms with Gasteiger partial charge < -0.3 is 10.0 Å². The van der Waals surface area contributed by atoms with Gasteiger partial charge in [0.25, 0.3) is 0 Å². The summed E-state index contributed by atoms with van der Waals surface area (Å²) in [6.07, 6.45) is 0. The van der Waals surface area contributed by atoms with Gasteiger partial charge in [0.15, 0.2) is 17.4 Å². The average molecular weight is 267 g/mol. The fourth-order valence-corrected chi connectivity index (χ4v) is 1.79. The Hall–Kier alpha value is -2.17. The molecular weight excluding hydrogens is 255 g/mol. The summed E-state index contributed by atoms with van der Waals surface area (Å²) in [6, 6.07) is 7.99. The summed E-state index contributed by atoms with van der Waals surface area (Å²) in [5, 5.41) is 9.01. The number of aromatic hydroxyl groups is 1. The molecule has 5 heteroatoms. The molecule has 2 aromatic carbocycles. The van der Waals surface area contributed by atoms with E-state index in [1.165, 1.54) is 12.1 Å². The first-order chi connectivity index (χ1) is 8.97. The second-order valence-corrected chi connectivity index (χ2v) is 4.24. The maximum atomic E-state index is 13.2. The van der Waals surface area contributed by atoms with Gasteiger partial charge in [-0.25, -0.2) is 13.2 Å². The minimum absolute atomic E-state index is 0.192. The number of nitrogens with zero attached hydrogens (tertiary/aromatic N) is 1. The van der Waals surface area contributed by atoms with Crippen LogP contribution >= 0.6 is 0 Å². The van der Waals surface area contributed by atoms with Crippen molar-refractivity contribution in [3.63, 3.8) is 0 Å². The monoisotopic (exact) mass is 267 g/mol. The summed E-state index contributed by atoms with van der Waals surface area (Å²) in [6.45, 7) is 0.192. The van der Waals surface area contributed by atoms with Crippen LogP contribution in [-0.4, -0.2) is 12.2 Å². The van der Waals surface area contributed by atoms with Crippen LogP contribution in [0.25, 0.3) is 0 Å². The molecule has 0 aliphatic carbocycles. The van der Waals surface area contributed by atoms with E-state index in [-0.39, 0.29) is 12.4 Å². The zero-order valence-electron chi connectivity index (χ0n) is 10.2. The Morgan fingerprint density at radius 1 is 1.05 bits per heavy atom. The predicted octanol–water partition coefficient (Wildman–Crippen LogP) is 3.45. The first-order valence-electron chi connectivity index (χ1n) is 5.61. The largest absolute Gasteiger partial charge is 0.503 e. The summed E-state index contributed by atoms with van der Waals surface area (Å²) in [5.74, 6) is -3.39. The summed E-state index contributed by atoms with van der Waals surface area (Å²) in [7, 11) is 1.68. The maximum Gasteiger partial charge on any atom is 0.187 e. The van der Waals surface area contributed by atoms with E-state index in [2.05, 4.69) is 0 Å². The van der Waals surface area contributed by atoms with E-state index in [4.69, 9.17) is 5.11 Å². The van der Waals surface area contributed by atoms with Crippen molar-refractivity contribution >= 4 is 5.69 Å². The van der Waals surface area contributed by atoms with Crippen LogP contribution < -0.4 is 4.90 Å². The molecule has 2 rings (SSSR count). The summed E-state index contributed by atoms with van der Waals surface area (Å²) in [5.41, 5.74) is 0.938. The number of phenolic OH excluding ortho intramolecular Hbond substituents is 1. The molecule has 0 radical (unpaired) electrons. The third kappa shape index (κ3) is 2.99. The fourth-order valence-electron chi connectivity index (χ4n) is 1.79. The first-order valence-corrected chi connectivity index (χ1v) is 5.61. The number of benzene rings is 2. The van der Waals surface area contributed by atoms with Crippen molar-refractivity contribution < 1.29 is 18.3 Å². The van der Waals surface area contributed by atoms with Gasteiger partial charge in [-0.05, 0) is 35.9 Å². The molecule has 19 heavy (non-hydrogen) atoms. The van der Waals surface area contributed by atoms with Gasteiger partial charge in [-0.15, -0.1) is 0 Å². The smallest absolute Gasteiger partial charge is 0.187 e. The Kier molecular flexibility index (Phi) is 3.64. The van der Waals surface area contributed by atoms with Crippen LogP contribution in [0.5, 0.6) is 5.75 Å². The lowest BCUT2D eigenvalue weighted by Crippen LogP contribution is -2.16. The molecule has 2 nitrogen and oxygen atoms in total. The minimum Gasteiger partial charge on any atom is -0.503 e. The van der Waals surface area contributed by atoms with Crippen molar-refractivity contribution in [3.8, 4) is 5.75 Å². The van der Waals surface area contributed by atoms with Crippen molar-refractivity contribution in [1.29, 1.82) is 0 Å². The molecule has 0 aliphatic rings. The third-order valence-electron chi connectivity index (χ3n) is 2.75. The number of hydrogen-bond donors (Lipinski definition) is 1. The average Bonchev–Trinajstić information content (AvgIpc) is 2.36. The topological polar surface area (TPSA) is 23.5 Å². The quantitative estimate of drug-likeness (QED) is 0.920. The number of rotatable bonds is 3. The van der Waals surface area contributed by atoms with Crippen LogP contribution in [0.4, 0.5) is 18.9 Å². The molecular formula is C14H12F3NO. The van der Waals surface area contributed by atoms with Crippen LogP contribution in [0.3, 0.4) is 0 Å². The summed E-state index contributed by atoms with van der Waals surface area (Å²) >= 11 is 0. The summed E-state index contributed by atoms with van der Waals surface area (Å²) in [4.78, 5) is 1.65. The molecule has 0 aliphatic heterocycles. The Labute approximate surface area is 108 Å². The lowest BCUT2D eigenvalue weighted by Gasteiger charge is -2.19. The van der Waals surface area contributed by atoms with Crippen molar-refractivity contribution in [1.82, 2.24) is 0 Å². The molecule has 0 amide bonds. The van der Waals surface area contributed by atoms with E-state index in [1.54, 1.807) is 24.1 Å². The van der Waals surface area contributed by atoms with E-state index in [0.717, 1.165) is 12.1 Å². The molecule has 0 heterocycles. The van der Waals surface area contributed by atoms with Crippen LogP contribution in [0.2, 0.25) is 0 Å². The predicted molar refractivity (Wildman–Crippen MR) is 66.5 cm³/mol. The Morgan fingerprint density at radius 2 is 1.68 bits per heavy atom. The van der Waals surface area contributed by atoms with Gasteiger partial charge in [0.05, 0.1) is 0 Å². The molecule has 1 N–H and O–H groups in total. The van der Waals surface area contributed by atoms with Crippen molar-refractivity contribution in [2.75, 3.05) is 11.9 Å². The van der Waals surface area contributed by atoms with Crippen molar-refractivity contribution in [3.05, 3.63) is 59.4 Å². The van der Waals surface area contributed by atoms with Gasteiger partial charge in [-0.3, -0.25) is 0 Å². The number of halogens is 3. The van der Waals surface area contributed by atoms with Gasteiger partial charge in [0.2, 0.25) is 0 Å². The second-order valence-electron chi connectivity index (χ2n) is 4.24.